The second kappa shape index (κ2) is 4.67. The number of nitrogens with zero attached hydrogens (tertiary/aromatic N) is 1. The number of carbonyl (C=O) groups excluding carboxylic acids is 1. The lowest BCUT2D eigenvalue weighted by Gasteiger charge is -2.28. The molecule has 0 aliphatic carbocycles. The molecule has 86 valence electrons. The van der Waals surface area contributed by atoms with Crippen LogP contribution < -0.4 is 10.6 Å². The van der Waals surface area contributed by atoms with Crippen LogP contribution in [0.2, 0.25) is 5.15 Å². The molecule has 0 spiro atoms. The number of rotatable bonds is 3. The predicted octanol–water partition coefficient (Wildman–Crippen LogP) is 0.905. The SMILES string of the molecule is CNC(=O)c1cnc(Cl)cc1NC1COC1. The molecule has 2 N–H and O–H groups in total. The van der Waals surface area contributed by atoms with Crippen LogP contribution in [0.15, 0.2) is 12.3 Å². The number of carbonyl (C=O) groups is 1. The molecule has 0 atom stereocenters. The number of hydrogen-bond donors (Lipinski definition) is 2. The summed E-state index contributed by atoms with van der Waals surface area (Å²) in [5, 5.41) is 6.11. The molecule has 1 saturated heterocycles. The van der Waals surface area contributed by atoms with Gasteiger partial charge in [0.1, 0.15) is 5.15 Å². The molecule has 16 heavy (non-hydrogen) atoms. The largest absolute Gasteiger partial charge is 0.377 e. The van der Waals surface area contributed by atoms with Gasteiger partial charge in [0.25, 0.3) is 5.91 Å². The number of anilines is 1. The first-order valence-corrected chi connectivity index (χ1v) is 5.30. The van der Waals surface area contributed by atoms with Crippen molar-refractivity contribution in [1.82, 2.24) is 10.3 Å². The van der Waals surface area contributed by atoms with Gasteiger partial charge >= 0.3 is 0 Å². The van der Waals surface area contributed by atoms with E-state index in [4.69, 9.17) is 16.3 Å². The Bertz CT molecular complexity index is 407. The molecule has 2 rings (SSSR count). The number of hydrogen-bond acceptors (Lipinski definition) is 4. The van der Waals surface area contributed by atoms with Crippen LogP contribution in [-0.4, -0.2) is 37.2 Å². The average Bonchev–Trinajstić information content (AvgIpc) is 2.22. The van der Waals surface area contributed by atoms with Crippen molar-refractivity contribution < 1.29 is 9.53 Å². The normalized spacial score (nSPS) is 15.4. The number of nitrogens with one attached hydrogen (secondary N) is 2. The van der Waals surface area contributed by atoms with Gasteiger partial charge in [-0.15, -0.1) is 0 Å². The van der Waals surface area contributed by atoms with E-state index in [0.29, 0.717) is 29.6 Å². The quantitative estimate of drug-likeness (QED) is 0.772. The van der Waals surface area contributed by atoms with Gasteiger partial charge in [-0.2, -0.15) is 0 Å². The van der Waals surface area contributed by atoms with Crippen molar-refractivity contribution >= 4 is 23.2 Å². The molecule has 0 unspecified atom stereocenters. The van der Waals surface area contributed by atoms with Crippen molar-refractivity contribution in [3.05, 3.63) is 23.0 Å². The molecule has 2 heterocycles. The van der Waals surface area contributed by atoms with Crippen LogP contribution >= 0.6 is 11.6 Å². The summed E-state index contributed by atoms with van der Waals surface area (Å²) in [6, 6.07) is 1.88. The number of ether oxygens (including phenoxy) is 1. The van der Waals surface area contributed by atoms with E-state index in [2.05, 4.69) is 15.6 Å². The first kappa shape index (κ1) is 11.2. The van der Waals surface area contributed by atoms with Crippen LogP contribution in [0.5, 0.6) is 0 Å². The van der Waals surface area contributed by atoms with Gasteiger partial charge in [-0.25, -0.2) is 4.98 Å². The minimum absolute atomic E-state index is 0.188. The number of aromatic nitrogens is 1. The van der Waals surface area contributed by atoms with Crippen LogP contribution in [-0.2, 0) is 4.74 Å². The van der Waals surface area contributed by atoms with Crippen molar-refractivity contribution in [3.63, 3.8) is 0 Å². The molecule has 0 radical (unpaired) electrons. The van der Waals surface area contributed by atoms with Gasteiger partial charge < -0.3 is 15.4 Å². The maximum atomic E-state index is 11.6. The number of amides is 1. The molecule has 1 amide bonds. The smallest absolute Gasteiger partial charge is 0.254 e. The van der Waals surface area contributed by atoms with Crippen molar-refractivity contribution in [1.29, 1.82) is 0 Å². The number of pyridine rings is 1. The van der Waals surface area contributed by atoms with E-state index >= 15 is 0 Å². The summed E-state index contributed by atoms with van der Waals surface area (Å²) in [5.74, 6) is -0.188. The first-order valence-electron chi connectivity index (χ1n) is 4.92. The van der Waals surface area contributed by atoms with Crippen molar-refractivity contribution in [2.45, 2.75) is 6.04 Å². The summed E-state index contributed by atoms with van der Waals surface area (Å²) in [4.78, 5) is 15.5. The van der Waals surface area contributed by atoms with Gasteiger partial charge in [0.05, 0.1) is 30.5 Å². The molecule has 1 aliphatic heterocycles. The fourth-order valence-corrected chi connectivity index (χ4v) is 1.56. The Labute approximate surface area is 98.1 Å². The van der Waals surface area contributed by atoms with Gasteiger partial charge in [-0.05, 0) is 6.07 Å². The monoisotopic (exact) mass is 241 g/mol. The van der Waals surface area contributed by atoms with E-state index in [1.165, 1.54) is 6.20 Å². The molecule has 1 fully saturated rings. The Morgan fingerprint density at radius 1 is 1.62 bits per heavy atom. The Kier molecular flexibility index (Phi) is 3.26. The zero-order chi connectivity index (χ0) is 11.5. The topological polar surface area (TPSA) is 63.2 Å². The molecule has 0 aromatic carbocycles. The third-order valence-electron chi connectivity index (χ3n) is 2.34. The van der Waals surface area contributed by atoms with Crippen LogP contribution in [0, 0.1) is 0 Å². The van der Waals surface area contributed by atoms with E-state index < -0.39 is 0 Å². The summed E-state index contributed by atoms with van der Waals surface area (Å²) in [7, 11) is 1.58. The Balaban J connectivity index is 2.24. The van der Waals surface area contributed by atoms with Crippen molar-refractivity contribution in [3.8, 4) is 0 Å². The highest BCUT2D eigenvalue weighted by molar-refractivity contribution is 6.29. The molecule has 0 saturated carbocycles. The predicted molar refractivity (Wildman–Crippen MR) is 60.9 cm³/mol. The third kappa shape index (κ3) is 2.25. The van der Waals surface area contributed by atoms with E-state index in [1.807, 2.05) is 0 Å². The minimum Gasteiger partial charge on any atom is -0.377 e. The average molecular weight is 242 g/mol. The maximum absolute atomic E-state index is 11.6. The van der Waals surface area contributed by atoms with Crippen LogP contribution in [0.1, 0.15) is 10.4 Å². The van der Waals surface area contributed by atoms with E-state index in [0.717, 1.165) is 0 Å². The summed E-state index contributed by atoms with van der Waals surface area (Å²) in [6.45, 7) is 1.29. The summed E-state index contributed by atoms with van der Waals surface area (Å²) in [5.41, 5.74) is 1.17. The molecule has 1 aromatic heterocycles. The number of halogens is 1. The lowest BCUT2D eigenvalue weighted by molar-refractivity contribution is 0.0210. The summed E-state index contributed by atoms with van der Waals surface area (Å²) < 4.78 is 5.05. The Morgan fingerprint density at radius 3 is 2.94 bits per heavy atom. The van der Waals surface area contributed by atoms with Crippen molar-refractivity contribution in [2.75, 3.05) is 25.6 Å². The second-order valence-electron chi connectivity index (χ2n) is 3.51. The highest BCUT2D eigenvalue weighted by Gasteiger charge is 2.20. The standard InChI is InChI=1S/C10H12ClN3O2/c1-12-10(15)7-3-13-9(11)2-8(7)14-6-4-16-5-6/h2-3,6H,4-5H2,1H3,(H,12,15)(H,13,14). The lowest BCUT2D eigenvalue weighted by atomic mass is 10.2. The third-order valence-corrected chi connectivity index (χ3v) is 2.55. The molecular formula is C10H12ClN3O2. The van der Waals surface area contributed by atoms with Gasteiger partial charge in [0.15, 0.2) is 0 Å². The van der Waals surface area contributed by atoms with E-state index in [1.54, 1.807) is 13.1 Å². The van der Waals surface area contributed by atoms with Crippen LogP contribution in [0.3, 0.4) is 0 Å². The Hall–Kier alpha value is -1.33. The van der Waals surface area contributed by atoms with E-state index in [9.17, 15) is 4.79 Å². The summed E-state index contributed by atoms with van der Waals surface area (Å²) >= 11 is 5.80. The maximum Gasteiger partial charge on any atom is 0.254 e. The van der Waals surface area contributed by atoms with Gasteiger partial charge in [-0.3, -0.25) is 4.79 Å². The Morgan fingerprint density at radius 2 is 2.38 bits per heavy atom. The highest BCUT2D eigenvalue weighted by Crippen LogP contribution is 2.21. The zero-order valence-electron chi connectivity index (χ0n) is 8.79. The van der Waals surface area contributed by atoms with Crippen LogP contribution in [0.4, 0.5) is 5.69 Å². The van der Waals surface area contributed by atoms with Gasteiger partial charge in [-0.1, -0.05) is 11.6 Å². The molecule has 5 nitrogen and oxygen atoms in total. The van der Waals surface area contributed by atoms with Crippen LogP contribution in [0.25, 0.3) is 0 Å². The van der Waals surface area contributed by atoms with Gasteiger partial charge in [0, 0.05) is 13.2 Å². The molecular weight excluding hydrogens is 230 g/mol. The molecule has 1 aromatic rings. The first-order chi connectivity index (χ1) is 7.70. The second-order valence-corrected chi connectivity index (χ2v) is 3.90. The molecule has 6 heteroatoms. The highest BCUT2D eigenvalue weighted by atomic mass is 35.5. The summed E-state index contributed by atoms with van der Waals surface area (Å²) in [6.07, 6.45) is 1.46. The minimum atomic E-state index is -0.188. The van der Waals surface area contributed by atoms with Crippen molar-refractivity contribution in [2.24, 2.45) is 0 Å². The van der Waals surface area contributed by atoms with E-state index in [-0.39, 0.29) is 11.9 Å². The lowest BCUT2D eigenvalue weighted by Crippen LogP contribution is -2.40. The molecule has 1 aliphatic rings. The fourth-order valence-electron chi connectivity index (χ4n) is 1.40. The zero-order valence-corrected chi connectivity index (χ0v) is 9.54. The molecule has 0 bridgehead atoms. The fraction of sp³-hybridized carbons (Fsp3) is 0.400. The van der Waals surface area contributed by atoms with Gasteiger partial charge in [0.2, 0.25) is 0 Å².